The molecule has 19 heavy (non-hydrogen) atoms. The zero-order valence-corrected chi connectivity index (χ0v) is 12.8. The van der Waals surface area contributed by atoms with Crippen LogP contribution in [0.2, 0.25) is 0 Å². The third-order valence-electron chi connectivity index (χ3n) is 3.24. The number of rotatable bonds is 14. The van der Waals surface area contributed by atoms with E-state index < -0.39 is 0 Å². The van der Waals surface area contributed by atoms with Crippen molar-refractivity contribution in [3.05, 3.63) is 0 Å². The van der Waals surface area contributed by atoms with Crippen molar-refractivity contribution in [3.8, 4) is 0 Å². The van der Waals surface area contributed by atoms with Crippen molar-refractivity contribution in [1.82, 2.24) is 16.0 Å². The quantitative estimate of drug-likeness (QED) is 0.289. The van der Waals surface area contributed by atoms with E-state index in [2.05, 4.69) is 16.0 Å². The summed E-state index contributed by atoms with van der Waals surface area (Å²) in [6.45, 7) is 9.82. The van der Waals surface area contributed by atoms with Crippen molar-refractivity contribution < 1.29 is 5.11 Å². The molecule has 5 heteroatoms. The summed E-state index contributed by atoms with van der Waals surface area (Å²) in [5.41, 5.74) is 5.41. The van der Waals surface area contributed by atoms with Gasteiger partial charge in [-0.25, -0.2) is 0 Å². The van der Waals surface area contributed by atoms with Gasteiger partial charge in [0, 0.05) is 6.04 Å². The molecule has 2 unspecified atom stereocenters. The van der Waals surface area contributed by atoms with Crippen LogP contribution in [0.1, 0.15) is 39.5 Å². The molecule has 0 aromatic rings. The van der Waals surface area contributed by atoms with Gasteiger partial charge in [0.2, 0.25) is 0 Å². The van der Waals surface area contributed by atoms with E-state index in [1.807, 2.05) is 13.8 Å². The van der Waals surface area contributed by atoms with Gasteiger partial charge in [0.05, 0.1) is 6.10 Å². The van der Waals surface area contributed by atoms with Gasteiger partial charge in [-0.05, 0) is 78.8 Å². The van der Waals surface area contributed by atoms with Crippen LogP contribution < -0.4 is 21.7 Å². The minimum absolute atomic E-state index is 0.180. The standard InChI is InChI=1S/C14H34N4O/c1-13(14(2)19)18-12-6-11-17-9-4-3-8-16-10-5-7-15/h13-14,16-19H,3-12,15H2,1-2H3. The first-order valence-electron chi connectivity index (χ1n) is 7.71. The Bertz CT molecular complexity index is 179. The van der Waals surface area contributed by atoms with Gasteiger partial charge < -0.3 is 26.8 Å². The number of hydrogen-bond donors (Lipinski definition) is 5. The van der Waals surface area contributed by atoms with Gasteiger partial charge in [0.15, 0.2) is 0 Å². The van der Waals surface area contributed by atoms with Crippen molar-refractivity contribution in [2.24, 2.45) is 5.73 Å². The maximum Gasteiger partial charge on any atom is 0.0662 e. The number of aliphatic hydroxyl groups is 1. The highest BCUT2D eigenvalue weighted by atomic mass is 16.3. The van der Waals surface area contributed by atoms with E-state index >= 15 is 0 Å². The first-order chi connectivity index (χ1) is 9.18. The molecule has 0 bridgehead atoms. The molecule has 0 aromatic carbocycles. The lowest BCUT2D eigenvalue weighted by Crippen LogP contribution is -2.36. The fourth-order valence-corrected chi connectivity index (χ4v) is 1.69. The number of aliphatic hydroxyl groups excluding tert-OH is 1. The Morgan fingerprint density at radius 3 is 1.89 bits per heavy atom. The van der Waals surface area contributed by atoms with Crippen LogP contribution in [0.4, 0.5) is 0 Å². The topological polar surface area (TPSA) is 82.3 Å². The molecule has 0 saturated carbocycles. The minimum atomic E-state index is -0.278. The molecule has 0 amide bonds. The van der Waals surface area contributed by atoms with E-state index in [0.29, 0.717) is 0 Å². The predicted octanol–water partition coefficient (Wildman–Crippen LogP) is 0.0436. The molecule has 0 aliphatic heterocycles. The smallest absolute Gasteiger partial charge is 0.0662 e. The van der Waals surface area contributed by atoms with Crippen LogP contribution in [0.15, 0.2) is 0 Å². The fraction of sp³-hybridized carbons (Fsp3) is 1.00. The van der Waals surface area contributed by atoms with E-state index in [4.69, 9.17) is 5.73 Å². The zero-order chi connectivity index (χ0) is 14.3. The lowest BCUT2D eigenvalue weighted by molar-refractivity contribution is 0.153. The molecule has 0 aromatic heterocycles. The molecular formula is C14H34N4O. The molecule has 5 nitrogen and oxygen atoms in total. The van der Waals surface area contributed by atoms with Crippen LogP contribution in [0.5, 0.6) is 0 Å². The van der Waals surface area contributed by atoms with Crippen LogP contribution in [0.25, 0.3) is 0 Å². The Balaban J connectivity index is 3.03. The second-order valence-electron chi connectivity index (χ2n) is 5.19. The van der Waals surface area contributed by atoms with Crippen LogP contribution >= 0.6 is 0 Å². The number of nitrogens with two attached hydrogens (primary N) is 1. The third kappa shape index (κ3) is 14.0. The number of unbranched alkanes of at least 4 members (excludes halogenated alkanes) is 1. The lowest BCUT2D eigenvalue weighted by Gasteiger charge is -2.16. The van der Waals surface area contributed by atoms with E-state index in [-0.39, 0.29) is 12.1 Å². The van der Waals surface area contributed by atoms with E-state index in [1.54, 1.807) is 0 Å². The van der Waals surface area contributed by atoms with E-state index in [0.717, 1.165) is 52.1 Å². The van der Waals surface area contributed by atoms with Crippen molar-refractivity contribution >= 4 is 0 Å². The van der Waals surface area contributed by atoms with Gasteiger partial charge >= 0.3 is 0 Å². The normalized spacial score (nSPS) is 14.5. The Hall–Kier alpha value is -0.200. The van der Waals surface area contributed by atoms with Crippen molar-refractivity contribution in [2.75, 3.05) is 39.3 Å². The average molecular weight is 274 g/mol. The summed E-state index contributed by atoms with van der Waals surface area (Å²) in [7, 11) is 0. The first-order valence-corrected chi connectivity index (χ1v) is 7.71. The first kappa shape index (κ1) is 18.8. The molecular weight excluding hydrogens is 240 g/mol. The number of nitrogens with one attached hydrogen (secondary N) is 3. The fourth-order valence-electron chi connectivity index (χ4n) is 1.69. The molecule has 116 valence electrons. The molecule has 0 heterocycles. The molecule has 2 atom stereocenters. The molecule has 0 aliphatic rings. The second-order valence-corrected chi connectivity index (χ2v) is 5.19. The van der Waals surface area contributed by atoms with Gasteiger partial charge in [0.25, 0.3) is 0 Å². The summed E-state index contributed by atoms with van der Waals surface area (Å²) < 4.78 is 0. The van der Waals surface area contributed by atoms with Crippen molar-refractivity contribution in [1.29, 1.82) is 0 Å². The lowest BCUT2D eigenvalue weighted by atomic mass is 10.2. The van der Waals surface area contributed by atoms with Crippen LogP contribution in [0.3, 0.4) is 0 Å². The summed E-state index contributed by atoms with van der Waals surface area (Å²) in [6.07, 6.45) is 4.32. The maximum absolute atomic E-state index is 9.31. The van der Waals surface area contributed by atoms with E-state index in [9.17, 15) is 5.11 Å². The molecule has 0 radical (unpaired) electrons. The van der Waals surface area contributed by atoms with Crippen molar-refractivity contribution in [3.63, 3.8) is 0 Å². The number of hydrogen-bond acceptors (Lipinski definition) is 5. The van der Waals surface area contributed by atoms with Crippen LogP contribution in [-0.2, 0) is 0 Å². The highest BCUT2D eigenvalue weighted by Gasteiger charge is 2.05. The van der Waals surface area contributed by atoms with Gasteiger partial charge in [-0.15, -0.1) is 0 Å². The van der Waals surface area contributed by atoms with Gasteiger partial charge in [-0.2, -0.15) is 0 Å². The molecule has 0 fully saturated rings. The summed E-state index contributed by atoms with van der Waals surface area (Å²) in [4.78, 5) is 0. The summed E-state index contributed by atoms with van der Waals surface area (Å²) in [5, 5.41) is 19.4. The SMILES string of the molecule is CC(O)C(C)NCCCNCCCCNCCCN. The zero-order valence-electron chi connectivity index (χ0n) is 12.8. The Labute approximate surface area is 118 Å². The highest BCUT2D eigenvalue weighted by Crippen LogP contribution is 1.90. The van der Waals surface area contributed by atoms with E-state index in [1.165, 1.54) is 12.8 Å². The summed E-state index contributed by atoms with van der Waals surface area (Å²) in [5.74, 6) is 0. The minimum Gasteiger partial charge on any atom is -0.392 e. The third-order valence-corrected chi connectivity index (χ3v) is 3.24. The molecule has 0 saturated heterocycles. The molecule has 0 spiro atoms. The summed E-state index contributed by atoms with van der Waals surface area (Å²) >= 11 is 0. The molecule has 0 aliphatic carbocycles. The van der Waals surface area contributed by atoms with Crippen LogP contribution in [0, 0.1) is 0 Å². The maximum atomic E-state index is 9.31. The van der Waals surface area contributed by atoms with Gasteiger partial charge in [-0.3, -0.25) is 0 Å². The van der Waals surface area contributed by atoms with Gasteiger partial charge in [0.1, 0.15) is 0 Å². The Morgan fingerprint density at radius 2 is 1.37 bits per heavy atom. The largest absolute Gasteiger partial charge is 0.392 e. The second kappa shape index (κ2) is 14.2. The van der Waals surface area contributed by atoms with Crippen LogP contribution in [-0.4, -0.2) is 56.5 Å². The predicted molar refractivity (Wildman–Crippen MR) is 82.4 cm³/mol. The summed E-state index contributed by atoms with van der Waals surface area (Å²) in [6, 6.07) is 0.180. The van der Waals surface area contributed by atoms with Gasteiger partial charge in [-0.1, -0.05) is 0 Å². The highest BCUT2D eigenvalue weighted by molar-refractivity contribution is 4.66. The Kier molecular flexibility index (Phi) is 14.1. The Morgan fingerprint density at radius 1 is 0.842 bits per heavy atom. The monoisotopic (exact) mass is 274 g/mol. The van der Waals surface area contributed by atoms with Crippen molar-refractivity contribution in [2.45, 2.75) is 51.7 Å². The average Bonchev–Trinajstić information content (AvgIpc) is 2.39. The molecule has 0 rings (SSSR count). The molecule has 6 N–H and O–H groups in total.